The minimum atomic E-state index is -0.0369. The number of nitrogens with zero attached hydrogens (tertiary/aromatic N) is 1. The van der Waals surface area contributed by atoms with E-state index >= 15 is 0 Å². The van der Waals surface area contributed by atoms with Crippen molar-refractivity contribution in [3.63, 3.8) is 0 Å². The lowest BCUT2D eigenvalue weighted by Gasteiger charge is -2.53. The molecular formula is C16H23NO3. The molecule has 20 heavy (non-hydrogen) atoms. The van der Waals surface area contributed by atoms with Gasteiger partial charge in [0.1, 0.15) is 6.61 Å². The highest BCUT2D eigenvalue weighted by atomic mass is 16.5. The Morgan fingerprint density at radius 2 is 2.20 bits per heavy atom. The Kier molecular flexibility index (Phi) is 2.93. The van der Waals surface area contributed by atoms with Crippen LogP contribution in [-0.2, 0) is 14.3 Å². The zero-order valence-corrected chi connectivity index (χ0v) is 12.2. The van der Waals surface area contributed by atoms with Gasteiger partial charge in [-0.3, -0.25) is 9.69 Å². The molecule has 0 aromatic carbocycles. The zero-order chi connectivity index (χ0) is 13.7. The van der Waals surface area contributed by atoms with Gasteiger partial charge in [0, 0.05) is 19.2 Å². The molecule has 0 unspecified atom stereocenters. The average molecular weight is 277 g/mol. The molecule has 1 saturated carbocycles. The van der Waals surface area contributed by atoms with Crippen molar-refractivity contribution >= 4 is 5.97 Å². The van der Waals surface area contributed by atoms with Crippen LogP contribution in [0, 0.1) is 5.92 Å². The minimum Gasteiger partial charge on any atom is -0.461 e. The van der Waals surface area contributed by atoms with Crippen molar-refractivity contribution in [3.05, 3.63) is 11.1 Å². The highest BCUT2D eigenvalue weighted by molar-refractivity contribution is 5.75. The third-order valence-corrected chi connectivity index (χ3v) is 6.06. The van der Waals surface area contributed by atoms with Crippen molar-refractivity contribution in [2.45, 2.75) is 50.2 Å². The summed E-state index contributed by atoms with van der Waals surface area (Å²) in [5.74, 6) is 0.676. The van der Waals surface area contributed by atoms with Gasteiger partial charge in [0.05, 0.1) is 12.5 Å². The van der Waals surface area contributed by atoms with Crippen LogP contribution in [0.3, 0.4) is 0 Å². The Hall–Kier alpha value is -0.870. The van der Waals surface area contributed by atoms with Crippen LogP contribution in [0.5, 0.6) is 0 Å². The number of esters is 1. The van der Waals surface area contributed by atoms with E-state index in [0.717, 1.165) is 19.4 Å². The van der Waals surface area contributed by atoms with Gasteiger partial charge in [0.25, 0.3) is 0 Å². The monoisotopic (exact) mass is 277 g/mol. The summed E-state index contributed by atoms with van der Waals surface area (Å²) in [7, 11) is 1.83. The molecular weight excluding hydrogens is 254 g/mol. The Labute approximate surface area is 120 Å². The third-order valence-electron chi connectivity index (χ3n) is 6.06. The second-order valence-electron chi connectivity index (χ2n) is 6.71. The number of methoxy groups -OCH3 is 1. The molecule has 2 fully saturated rings. The second-order valence-corrected chi connectivity index (χ2v) is 6.71. The van der Waals surface area contributed by atoms with Gasteiger partial charge >= 0.3 is 5.97 Å². The van der Waals surface area contributed by atoms with Crippen molar-refractivity contribution in [1.82, 2.24) is 4.90 Å². The fraction of sp³-hybridized carbons (Fsp3) is 0.812. The first kappa shape index (κ1) is 12.8. The van der Waals surface area contributed by atoms with Crippen molar-refractivity contribution in [3.8, 4) is 0 Å². The van der Waals surface area contributed by atoms with Crippen LogP contribution in [0.2, 0.25) is 0 Å². The van der Waals surface area contributed by atoms with Crippen LogP contribution in [0.4, 0.5) is 0 Å². The Morgan fingerprint density at radius 3 is 3.05 bits per heavy atom. The smallest absolute Gasteiger partial charge is 0.310 e. The molecule has 4 heteroatoms. The number of hydrogen-bond donors (Lipinski definition) is 0. The van der Waals surface area contributed by atoms with E-state index < -0.39 is 0 Å². The molecule has 0 bridgehead atoms. The second kappa shape index (κ2) is 4.57. The molecule has 0 radical (unpaired) electrons. The largest absolute Gasteiger partial charge is 0.461 e. The molecule has 3 heterocycles. The van der Waals surface area contributed by atoms with Gasteiger partial charge in [-0.2, -0.15) is 0 Å². The van der Waals surface area contributed by atoms with Crippen LogP contribution in [0.25, 0.3) is 0 Å². The molecule has 0 N–H and O–H groups in total. The predicted molar refractivity (Wildman–Crippen MR) is 74.3 cm³/mol. The molecule has 4 rings (SSSR count). The summed E-state index contributed by atoms with van der Waals surface area (Å²) in [6, 6.07) is 0. The molecule has 1 spiro atoms. The molecule has 1 saturated heterocycles. The van der Waals surface area contributed by atoms with Gasteiger partial charge in [-0.05, 0) is 55.7 Å². The van der Waals surface area contributed by atoms with E-state index in [0.29, 0.717) is 25.0 Å². The van der Waals surface area contributed by atoms with E-state index in [4.69, 9.17) is 9.47 Å². The summed E-state index contributed by atoms with van der Waals surface area (Å²) in [6.45, 7) is 2.85. The molecule has 3 aliphatic heterocycles. The maximum Gasteiger partial charge on any atom is 0.310 e. The van der Waals surface area contributed by atoms with Crippen LogP contribution < -0.4 is 0 Å². The van der Waals surface area contributed by atoms with E-state index in [1.54, 1.807) is 0 Å². The summed E-state index contributed by atoms with van der Waals surface area (Å²) in [5.41, 5.74) is 2.93. The first-order chi connectivity index (χ1) is 9.74. The highest BCUT2D eigenvalue weighted by Crippen LogP contribution is 2.54. The lowest BCUT2D eigenvalue weighted by molar-refractivity contribution is -0.144. The first-order valence-corrected chi connectivity index (χ1v) is 7.89. The van der Waals surface area contributed by atoms with Crippen LogP contribution in [0.15, 0.2) is 11.1 Å². The van der Waals surface area contributed by atoms with E-state index in [2.05, 4.69) is 4.90 Å². The first-order valence-electron chi connectivity index (χ1n) is 7.89. The van der Waals surface area contributed by atoms with Crippen molar-refractivity contribution in [2.75, 3.05) is 26.8 Å². The summed E-state index contributed by atoms with van der Waals surface area (Å²) < 4.78 is 11.0. The number of hydrogen-bond acceptors (Lipinski definition) is 4. The number of cyclic esters (lactones) is 1. The van der Waals surface area contributed by atoms with E-state index in [-0.39, 0.29) is 11.5 Å². The van der Waals surface area contributed by atoms with Gasteiger partial charge in [-0.1, -0.05) is 0 Å². The van der Waals surface area contributed by atoms with Gasteiger partial charge < -0.3 is 9.47 Å². The Bertz CT molecular complexity index is 472. The molecule has 0 amide bonds. The van der Waals surface area contributed by atoms with E-state index in [1.165, 1.54) is 37.0 Å². The van der Waals surface area contributed by atoms with Crippen molar-refractivity contribution < 1.29 is 14.3 Å². The van der Waals surface area contributed by atoms with Crippen LogP contribution in [-0.4, -0.2) is 49.3 Å². The summed E-state index contributed by atoms with van der Waals surface area (Å²) in [6.07, 6.45) is 6.69. The number of rotatable bonds is 1. The molecule has 1 aliphatic carbocycles. The average Bonchev–Trinajstić information content (AvgIpc) is 2.86. The number of carbonyl (C=O) groups is 1. The molecule has 3 atom stereocenters. The normalized spacial score (nSPS) is 41.0. The predicted octanol–water partition coefficient (Wildman–Crippen LogP) is 1.89. The molecule has 0 aromatic rings. The van der Waals surface area contributed by atoms with Crippen molar-refractivity contribution in [2.24, 2.45) is 5.92 Å². The molecule has 4 aliphatic rings. The van der Waals surface area contributed by atoms with Gasteiger partial charge in [-0.15, -0.1) is 0 Å². The Balaban J connectivity index is 1.79. The molecule has 0 aromatic heterocycles. The fourth-order valence-electron chi connectivity index (χ4n) is 5.12. The summed E-state index contributed by atoms with van der Waals surface area (Å²) in [4.78, 5) is 14.5. The van der Waals surface area contributed by atoms with Gasteiger partial charge in [0.15, 0.2) is 0 Å². The van der Waals surface area contributed by atoms with E-state index in [1.807, 2.05) is 7.11 Å². The van der Waals surface area contributed by atoms with Gasteiger partial charge in [0.2, 0.25) is 0 Å². The van der Waals surface area contributed by atoms with Gasteiger partial charge in [-0.25, -0.2) is 0 Å². The summed E-state index contributed by atoms with van der Waals surface area (Å²) >= 11 is 0. The summed E-state index contributed by atoms with van der Waals surface area (Å²) in [5, 5.41) is 0. The quantitative estimate of drug-likeness (QED) is 0.542. The maximum atomic E-state index is 11.8. The molecule has 110 valence electrons. The lowest BCUT2D eigenvalue weighted by atomic mass is 9.64. The Morgan fingerprint density at radius 1 is 1.30 bits per heavy atom. The zero-order valence-electron chi connectivity index (χ0n) is 12.2. The standard InChI is InChI=1S/C16H23NO3/c1-19-13-3-2-12-5-7-17-6-4-11-10-20-15(18)8-14(11)16(12,17)9-13/h12-13H,2-10H2,1H3/t12-,13-,16-/m0/s1. The van der Waals surface area contributed by atoms with Crippen LogP contribution >= 0.6 is 0 Å². The highest BCUT2D eigenvalue weighted by Gasteiger charge is 2.56. The number of carbonyl (C=O) groups excluding carboxylic acids is 1. The van der Waals surface area contributed by atoms with Crippen molar-refractivity contribution in [1.29, 1.82) is 0 Å². The van der Waals surface area contributed by atoms with E-state index in [9.17, 15) is 4.79 Å². The third kappa shape index (κ3) is 1.64. The SMILES string of the molecule is CO[C@H]1CC[C@H]2CCN3CCC4=C(CC(=O)OC4)[C@]23C1. The topological polar surface area (TPSA) is 38.8 Å². The van der Waals surface area contributed by atoms with Crippen LogP contribution in [0.1, 0.15) is 38.5 Å². The minimum absolute atomic E-state index is 0.0369. The number of ether oxygens (including phenoxy) is 2. The maximum absolute atomic E-state index is 11.8. The fourth-order valence-corrected chi connectivity index (χ4v) is 5.12. The molecule has 4 nitrogen and oxygen atoms in total. The lowest BCUT2D eigenvalue weighted by Crippen LogP contribution is -2.57.